The third-order valence-electron chi connectivity index (χ3n) is 2.58. The Balaban J connectivity index is 2.43. The zero-order valence-electron chi connectivity index (χ0n) is 10.3. The molecule has 0 saturated heterocycles. The van der Waals surface area contributed by atoms with Crippen LogP contribution in [0, 0.1) is 17.1 Å². The van der Waals surface area contributed by atoms with Gasteiger partial charge < -0.3 is 10.5 Å². The highest BCUT2D eigenvalue weighted by atomic mass is 19.1. The van der Waals surface area contributed by atoms with E-state index in [4.69, 9.17) is 15.7 Å². The number of nitrogens with two attached hydrogens (primary N) is 1. The summed E-state index contributed by atoms with van der Waals surface area (Å²) in [5.41, 5.74) is 6.35. The number of hydrogen-bond donors (Lipinski definition) is 1. The monoisotopic (exact) mass is 257 g/mol. The topological polar surface area (TPSA) is 71.9 Å². The van der Waals surface area contributed by atoms with Gasteiger partial charge in [0.05, 0.1) is 0 Å². The van der Waals surface area contributed by atoms with Crippen LogP contribution in [-0.4, -0.2) is 4.98 Å². The van der Waals surface area contributed by atoms with Gasteiger partial charge in [0.15, 0.2) is 0 Å². The van der Waals surface area contributed by atoms with Gasteiger partial charge in [-0.1, -0.05) is 12.1 Å². The molecule has 0 spiro atoms. The van der Waals surface area contributed by atoms with E-state index in [9.17, 15) is 4.39 Å². The number of hydrogen-bond acceptors (Lipinski definition) is 4. The van der Waals surface area contributed by atoms with Gasteiger partial charge in [0.25, 0.3) is 0 Å². The Morgan fingerprint density at radius 1 is 1.37 bits per heavy atom. The van der Waals surface area contributed by atoms with Crippen LogP contribution < -0.4 is 10.5 Å². The van der Waals surface area contributed by atoms with Gasteiger partial charge in [-0.3, -0.25) is 0 Å². The average molecular weight is 257 g/mol. The number of benzene rings is 1. The van der Waals surface area contributed by atoms with Crippen molar-refractivity contribution in [3.8, 4) is 17.7 Å². The summed E-state index contributed by atoms with van der Waals surface area (Å²) >= 11 is 0. The summed E-state index contributed by atoms with van der Waals surface area (Å²) in [7, 11) is 0. The Morgan fingerprint density at radius 3 is 2.84 bits per heavy atom. The number of rotatable bonds is 3. The van der Waals surface area contributed by atoms with E-state index in [1.165, 1.54) is 18.2 Å². The molecule has 1 aromatic heterocycles. The number of pyridine rings is 1. The van der Waals surface area contributed by atoms with Gasteiger partial charge in [-0.2, -0.15) is 5.26 Å². The third-order valence-corrected chi connectivity index (χ3v) is 2.58. The number of nitrogens with zero attached hydrogens (tertiary/aromatic N) is 2. The lowest BCUT2D eigenvalue weighted by Gasteiger charge is -2.12. The first-order valence-corrected chi connectivity index (χ1v) is 5.70. The minimum atomic E-state index is -0.627. The molecule has 1 unspecified atom stereocenters. The fourth-order valence-corrected chi connectivity index (χ4v) is 1.64. The van der Waals surface area contributed by atoms with Crippen LogP contribution in [0.5, 0.6) is 11.6 Å². The molecule has 1 aromatic carbocycles. The molecule has 0 radical (unpaired) electrons. The molecule has 0 aliphatic rings. The molecule has 0 aliphatic heterocycles. The van der Waals surface area contributed by atoms with Crippen LogP contribution in [-0.2, 0) is 0 Å². The van der Waals surface area contributed by atoms with Gasteiger partial charge in [0, 0.05) is 17.8 Å². The SMILES string of the molecule is CC(N)c1cccnc1Oc1cccc(F)c1C#N. The molecule has 5 heteroatoms. The van der Waals surface area contributed by atoms with Crippen molar-refractivity contribution in [3.63, 3.8) is 0 Å². The first-order chi connectivity index (χ1) is 9.13. The van der Waals surface area contributed by atoms with Crippen molar-refractivity contribution in [2.24, 2.45) is 5.73 Å². The lowest BCUT2D eigenvalue weighted by molar-refractivity contribution is 0.446. The molecule has 4 nitrogen and oxygen atoms in total. The van der Waals surface area contributed by atoms with Crippen molar-refractivity contribution in [1.82, 2.24) is 4.98 Å². The van der Waals surface area contributed by atoms with E-state index >= 15 is 0 Å². The van der Waals surface area contributed by atoms with E-state index in [2.05, 4.69) is 4.98 Å². The van der Waals surface area contributed by atoms with Crippen molar-refractivity contribution >= 4 is 0 Å². The van der Waals surface area contributed by atoms with Crippen LogP contribution in [0.1, 0.15) is 24.1 Å². The Hall–Kier alpha value is -2.45. The predicted octanol–water partition coefficient (Wildman–Crippen LogP) is 2.90. The highest BCUT2D eigenvalue weighted by Gasteiger charge is 2.14. The smallest absolute Gasteiger partial charge is 0.224 e. The van der Waals surface area contributed by atoms with Crippen molar-refractivity contribution < 1.29 is 9.13 Å². The van der Waals surface area contributed by atoms with E-state index in [1.54, 1.807) is 31.3 Å². The molecule has 0 fully saturated rings. The highest BCUT2D eigenvalue weighted by Crippen LogP contribution is 2.29. The van der Waals surface area contributed by atoms with Crippen LogP contribution in [0.3, 0.4) is 0 Å². The summed E-state index contributed by atoms with van der Waals surface area (Å²) in [6.07, 6.45) is 1.55. The average Bonchev–Trinajstić information content (AvgIpc) is 2.39. The normalized spacial score (nSPS) is 11.7. The number of ether oxygens (including phenoxy) is 1. The Morgan fingerprint density at radius 2 is 2.16 bits per heavy atom. The molecule has 96 valence electrons. The second-order valence-electron chi connectivity index (χ2n) is 4.01. The quantitative estimate of drug-likeness (QED) is 0.917. The van der Waals surface area contributed by atoms with Gasteiger partial charge in [-0.15, -0.1) is 0 Å². The lowest BCUT2D eigenvalue weighted by atomic mass is 10.1. The maximum absolute atomic E-state index is 13.5. The Bertz CT molecular complexity index is 635. The van der Waals surface area contributed by atoms with Gasteiger partial charge in [-0.25, -0.2) is 9.37 Å². The van der Waals surface area contributed by atoms with Gasteiger partial charge in [0.1, 0.15) is 23.2 Å². The zero-order chi connectivity index (χ0) is 13.8. The zero-order valence-corrected chi connectivity index (χ0v) is 10.3. The van der Waals surface area contributed by atoms with Crippen LogP contribution in [0.15, 0.2) is 36.5 Å². The molecule has 2 aromatic rings. The van der Waals surface area contributed by atoms with Gasteiger partial charge in [0.2, 0.25) is 5.88 Å². The summed E-state index contributed by atoms with van der Waals surface area (Å²) < 4.78 is 19.0. The summed E-state index contributed by atoms with van der Waals surface area (Å²) in [6.45, 7) is 1.79. The molecular formula is C14H12FN3O. The minimum absolute atomic E-state index is 0.128. The van der Waals surface area contributed by atoms with Crippen LogP contribution in [0.2, 0.25) is 0 Å². The third kappa shape index (κ3) is 2.69. The second-order valence-corrected chi connectivity index (χ2v) is 4.01. The first kappa shape index (κ1) is 13.0. The number of nitriles is 1. The number of aromatic nitrogens is 1. The summed E-state index contributed by atoms with van der Waals surface area (Å²) in [4.78, 5) is 4.07. The van der Waals surface area contributed by atoms with Crippen LogP contribution in [0.25, 0.3) is 0 Å². The summed E-state index contributed by atoms with van der Waals surface area (Å²) in [5.74, 6) is -0.221. The molecule has 1 atom stereocenters. The lowest BCUT2D eigenvalue weighted by Crippen LogP contribution is -2.07. The van der Waals surface area contributed by atoms with Crippen LogP contribution >= 0.6 is 0 Å². The van der Waals surface area contributed by atoms with E-state index in [1.807, 2.05) is 0 Å². The molecular weight excluding hydrogens is 245 g/mol. The summed E-state index contributed by atoms with van der Waals surface area (Å²) in [5, 5.41) is 8.94. The van der Waals surface area contributed by atoms with E-state index in [-0.39, 0.29) is 23.2 Å². The largest absolute Gasteiger partial charge is 0.437 e. The molecule has 19 heavy (non-hydrogen) atoms. The predicted molar refractivity (Wildman–Crippen MR) is 68.0 cm³/mol. The summed E-state index contributed by atoms with van der Waals surface area (Å²) in [6, 6.07) is 9.21. The Kier molecular flexibility index (Phi) is 3.74. The maximum Gasteiger partial charge on any atom is 0.224 e. The highest BCUT2D eigenvalue weighted by molar-refractivity contribution is 5.46. The van der Waals surface area contributed by atoms with E-state index < -0.39 is 5.82 Å². The first-order valence-electron chi connectivity index (χ1n) is 5.70. The molecule has 2 rings (SSSR count). The molecule has 1 heterocycles. The van der Waals surface area contributed by atoms with Gasteiger partial charge >= 0.3 is 0 Å². The van der Waals surface area contributed by atoms with Crippen LogP contribution in [0.4, 0.5) is 4.39 Å². The standard InChI is InChI=1S/C14H12FN3O/c1-9(17)10-4-3-7-18-14(10)19-13-6-2-5-12(15)11(13)8-16/h2-7,9H,17H2,1H3. The maximum atomic E-state index is 13.5. The molecule has 0 amide bonds. The van der Waals surface area contributed by atoms with E-state index in [0.29, 0.717) is 5.56 Å². The molecule has 0 aliphatic carbocycles. The Labute approximate surface area is 110 Å². The van der Waals surface area contributed by atoms with Crippen molar-refractivity contribution in [2.45, 2.75) is 13.0 Å². The minimum Gasteiger partial charge on any atom is -0.437 e. The van der Waals surface area contributed by atoms with Crippen molar-refractivity contribution in [1.29, 1.82) is 5.26 Å². The molecule has 2 N–H and O–H groups in total. The second kappa shape index (κ2) is 5.46. The molecule has 0 bridgehead atoms. The van der Waals surface area contributed by atoms with Crippen molar-refractivity contribution in [2.75, 3.05) is 0 Å². The van der Waals surface area contributed by atoms with Crippen molar-refractivity contribution in [3.05, 3.63) is 53.5 Å². The van der Waals surface area contributed by atoms with E-state index in [0.717, 1.165) is 0 Å². The van der Waals surface area contributed by atoms with Gasteiger partial charge in [-0.05, 0) is 25.1 Å². The molecule has 0 saturated carbocycles. The number of halogens is 1. The fourth-order valence-electron chi connectivity index (χ4n) is 1.64. The fraction of sp³-hybridized carbons (Fsp3) is 0.143.